The summed E-state index contributed by atoms with van der Waals surface area (Å²) in [7, 11) is 0. The monoisotopic (exact) mass is 176 g/mol. The summed E-state index contributed by atoms with van der Waals surface area (Å²) in [6.45, 7) is 0. The highest BCUT2D eigenvalue weighted by Gasteiger charge is 2.28. The number of hydrogen-bond donors (Lipinski definition) is 0. The van der Waals surface area contributed by atoms with Crippen LogP contribution < -0.4 is 0 Å². The molecule has 0 aliphatic heterocycles. The Labute approximate surface area is 75.1 Å². The number of carbonyl (C=O) groups excluding carboxylic acids is 1. The molecular weight excluding hydrogens is 168 g/mol. The molecule has 4 nitrogen and oxygen atoms in total. The number of carbonyl (C=O) groups is 1. The molecule has 0 aromatic carbocycles. The van der Waals surface area contributed by atoms with Crippen LogP contribution in [0.4, 0.5) is 0 Å². The smallest absolute Gasteiger partial charge is 0.214 e. The Morgan fingerprint density at radius 2 is 2.54 bits per heavy atom. The summed E-state index contributed by atoms with van der Waals surface area (Å²) in [6.07, 6.45) is 2.11. The number of Topliss-reactive ketones (excluding diaryl/α,β-unsaturated/α-hetero) is 1. The molecule has 13 heavy (non-hydrogen) atoms. The molecule has 1 aliphatic carbocycles. The fraction of sp³-hybridized carbons (Fsp3) is 0.444. The van der Waals surface area contributed by atoms with E-state index in [1.54, 1.807) is 12.1 Å². The minimum Gasteiger partial charge on any atom is -0.353 e. The van der Waals surface area contributed by atoms with E-state index in [4.69, 9.17) is 9.78 Å². The first-order chi connectivity index (χ1) is 6.31. The summed E-state index contributed by atoms with van der Waals surface area (Å²) < 4.78 is 4.83. The molecule has 1 fully saturated rings. The summed E-state index contributed by atoms with van der Waals surface area (Å²) in [4.78, 5) is 11.1. The summed E-state index contributed by atoms with van der Waals surface area (Å²) in [5, 5.41) is 12.1. The first kappa shape index (κ1) is 7.99. The van der Waals surface area contributed by atoms with Crippen molar-refractivity contribution in [1.29, 1.82) is 5.26 Å². The zero-order valence-electron chi connectivity index (χ0n) is 6.99. The Morgan fingerprint density at radius 1 is 1.77 bits per heavy atom. The zero-order chi connectivity index (χ0) is 9.26. The molecule has 1 saturated carbocycles. The van der Waals surface area contributed by atoms with E-state index in [0.29, 0.717) is 5.92 Å². The summed E-state index contributed by atoms with van der Waals surface area (Å²) in [6, 6.07) is 3.43. The van der Waals surface area contributed by atoms with E-state index in [1.807, 2.05) is 0 Å². The molecule has 0 N–H and O–H groups in total. The maximum Gasteiger partial charge on any atom is 0.214 e. The van der Waals surface area contributed by atoms with Gasteiger partial charge in [0.15, 0.2) is 0 Å². The Balaban J connectivity index is 2.13. The van der Waals surface area contributed by atoms with Crippen molar-refractivity contribution < 1.29 is 9.32 Å². The number of rotatable bonds is 3. The average Bonchev–Trinajstić information content (AvgIpc) is 2.84. The standard InChI is InChI=1S/C9H8N2O2/c10-4-3-8(12)9-5-7(11-13-9)6-1-2-6/h5-6H,1-3H2. The van der Waals surface area contributed by atoms with Gasteiger partial charge in [-0.1, -0.05) is 5.16 Å². The lowest BCUT2D eigenvalue weighted by molar-refractivity contribution is 0.0962. The molecule has 0 amide bonds. The molecule has 0 unspecified atom stereocenters. The number of nitriles is 1. The minimum atomic E-state index is -0.290. The first-order valence-corrected chi connectivity index (χ1v) is 4.18. The Morgan fingerprint density at radius 3 is 3.15 bits per heavy atom. The molecule has 0 bridgehead atoms. The second kappa shape index (κ2) is 3.02. The zero-order valence-corrected chi connectivity index (χ0v) is 6.99. The quantitative estimate of drug-likeness (QED) is 0.656. The Hall–Kier alpha value is -1.63. The van der Waals surface area contributed by atoms with Gasteiger partial charge in [0.05, 0.1) is 11.8 Å². The number of nitrogens with zero attached hydrogens (tertiary/aromatic N) is 2. The van der Waals surface area contributed by atoms with Crippen molar-refractivity contribution >= 4 is 5.78 Å². The average molecular weight is 176 g/mol. The topological polar surface area (TPSA) is 66.9 Å². The van der Waals surface area contributed by atoms with E-state index in [2.05, 4.69) is 5.16 Å². The van der Waals surface area contributed by atoms with Crippen LogP contribution in [0.3, 0.4) is 0 Å². The lowest BCUT2D eigenvalue weighted by atomic mass is 10.2. The molecule has 1 aliphatic rings. The van der Waals surface area contributed by atoms with Crippen LogP contribution in [-0.2, 0) is 0 Å². The normalized spacial score (nSPS) is 15.3. The van der Waals surface area contributed by atoms with Crippen LogP contribution in [0.1, 0.15) is 41.4 Å². The first-order valence-electron chi connectivity index (χ1n) is 4.18. The Bertz CT molecular complexity index is 371. The third-order valence-corrected chi connectivity index (χ3v) is 2.04. The molecule has 2 rings (SSSR count). The Kier molecular flexibility index (Phi) is 1.85. The van der Waals surface area contributed by atoms with Gasteiger partial charge < -0.3 is 4.52 Å². The molecule has 1 heterocycles. The maximum absolute atomic E-state index is 11.1. The molecule has 66 valence electrons. The molecule has 1 aromatic rings. The van der Waals surface area contributed by atoms with Crippen molar-refractivity contribution in [2.45, 2.75) is 25.2 Å². The largest absolute Gasteiger partial charge is 0.353 e. The van der Waals surface area contributed by atoms with Crippen LogP contribution in [0.15, 0.2) is 10.6 Å². The number of hydrogen-bond acceptors (Lipinski definition) is 4. The SMILES string of the molecule is N#CCC(=O)c1cc(C2CC2)no1. The second-order valence-corrected chi connectivity index (χ2v) is 3.15. The lowest BCUT2D eigenvalue weighted by Gasteiger charge is -1.83. The third kappa shape index (κ3) is 1.59. The van der Waals surface area contributed by atoms with Crippen LogP contribution in [0.5, 0.6) is 0 Å². The molecule has 1 aromatic heterocycles. The van der Waals surface area contributed by atoms with E-state index in [0.717, 1.165) is 18.5 Å². The molecule has 0 saturated heterocycles. The van der Waals surface area contributed by atoms with Crippen molar-refractivity contribution in [2.24, 2.45) is 0 Å². The molecule has 4 heteroatoms. The highest BCUT2D eigenvalue weighted by atomic mass is 16.5. The van der Waals surface area contributed by atoms with Crippen LogP contribution in [-0.4, -0.2) is 10.9 Å². The van der Waals surface area contributed by atoms with Gasteiger partial charge in [-0.05, 0) is 12.8 Å². The summed E-state index contributed by atoms with van der Waals surface area (Å²) in [5.41, 5.74) is 0.848. The fourth-order valence-electron chi connectivity index (χ4n) is 1.15. The second-order valence-electron chi connectivity index (χ2n) is 3.15. The molecule has 0 spiro atoms. The van der Waals surface area contributed by atoms with Crippen molar-refractivity contribution in [3.8, 4) is 6.07 Å². The van der Waals surface area contributed by atoms with Crippen LogP contribution >= 0.6 is 0 Å². The van der Waals surface area contributed by atoms with E-state index < -0.39 is 0 Å². The van der Waals surface area contributed by atoms with Gasteiger partial charge in [0.2, 0.25) is 11.5 Å². The maximum atomic E-state index is 11.1. The predicted octanol–water partition coefficient (Wildman–Crippen LogP) is 1.65. The number of aromatic nitrogens is 1. The van der Waals surface area contributed by atoms with Crippen molar-refractivity contribution in [3.05, 3.63) is 17.5 Å². The van der Waals surface area contributed by atoms with Crippen LogP contribution in [0.2, 0.25) is 0 Å². The van der Waals surface area contributed by atoms with E-state index in [9.17, 15) is 4.79 Å². The van der Waals surface area contributed by atoms with E-state index >= 15 is 0 Å². The molecular formula is C9H8N2O2. The summed E-state index contributed by atoms with van der Waals surface area (Å²) >= 11 is 0. The van der Waals surface area contributed by atoms with Gasteiger partial charge in [-0.3, -0.25) is 4.79 Å². The fourth-order valence-corrected chi connectivity index (χ4v) is 1.15. The molecule has 0 atom stereocenters. The predicted molar refractivity (Wildman–Crippen MR) is 43.0 cm³/mol. The van der Waals surface area contributed by atoms with Gasteiger partial charge >= 0.3 is 0 Å². The van der Waals surface area contributed by atoms with Gasteiger partial charge in [-0.15, -0.1) is 0 Å². The van der Waals surface area contributed by atoms with Gasteiger partial charge in [-0.25, -0.2) is 0 Å². The van der Waals surface area contributed by atoms with Crippen LogP contribution in [0.25, 0.3) is 0 Å². The van der Waals surface area contributed by atoms with Crippen molar-refractivity contribution in [2.75, 3.05) is 0 Å². The van der Waals surface area contributed by atoms with Crippen LogP contribution in [0, 0.1) is 11.3 Å². The molecule has 0 radical (unpaired) electrons. The van der Waals surface area contributed by atoms with E-state index in [1.165, 1.54) is 0 Å². The van der Waals surface area contributed by atoms with Gasteiger partial charge in [0.1, 0.15) is 6.42 Å². The minimum absolute atomic E-state index is 0.140. The van der Waals surface area contributed by atoms with Crippen molar-refractivity contribution in [1.82, 2.24) is 5.16 Å². The van der Waals surface area contributed by atoms with Crippen molar-refractivity contribution in [3.63, 3.8) is 0 Å². The van der Waals surface area contributed by atoms with Gasteiger partial charge in [0, 0.05) is 12.0 Å². The number of ketones is 1. The highest BCUT2D eigenvalue weighted by molar-refractivity contribution is 5.94. The lowest BCUT2D eigenvalue weighted by Crippen LogP contribution is -1.93. The summed E-state index contributed by atoms with van der Waals surface area (Å²) in [5.74, 6) is 0.401. The van der Waals surface area contributed by atoms with Gasteiger partial charge in [0.25, 0.3) is 0 Å². The third-order valence-electron chi connectivity index (χ3n) is 2.04. The van der Waals surface area contributed by atoms with E-state index in [-0.39, 0.29) is 18.0 Å². The van der Waals surface area contributed by atoms with Gasteiger partial charge in [-0.2, -0.15) is 5.26 Å². The highest BCUT2D eigenvalue weighted by Crippen LogP contribution is 2.39.